The summed E-state index contributed by atoms with van der Waals surface area (Å²) in [5.41, 5.74) is -0.695. The van der Waals surface area contributed by atoms with E-state index in [1.807, 2.05) is 0 Å². The van der Waals surface area contributed by atoms with Crippen LogP contribution in [0.25, 0.3) is 11.2 Å². The molecule has 4 N–H and O–H groups in total. The van der Waals surface area contributed by atoms with E-state index in [-0.39, 0.29) is 54.6 Å². The number of aliphatic hydroxyl groups excluding tert-OH is 3. The summed E-state index contributed by atoms with van der Waals surface area (Å²) in [6.07, 6.45) is -2.98. The van der Waals surface area contributed by atoms with Gasteiger partial charge in [0, 0.05) is 28.1 Å². The second kappa shape index (κ2) is 10.5. The number of aliphatic hydroxyl groups is 3. The molecule has 3 aromatic rings. The number of benzene rings is 1. The number of ether oxygens (including phenoxy) is 1. The molecule has 36 heavy (non-hydrogen) atoms. The number of rotatable bonds is 10. The Balaban J connectivity index is 1.53. The molecule has 5 rings (SSSR count). The number of halogens is 1. The fourth-order valence-electron chi connectivity index (χ4n) is 4.33. The Morgan fingerprint density at radius 3 is 2.89 bits per heavy atom. The van der Waals surface area contributed by atoms with Gasteiger partial charge in [0.15, 0.2) is 22.1 Å². The highest BCUT2D eigenvalue weighted by Gasteiger charge is 2.45. The lowest BCUT2D eigenvalue weighted by atomic mass is 10.1. The van der Waals surface area contributed by atoms with E-state index in [0.29, 0.717) is 11.1 Å². The Morgan fingerprint density at radius 2 is 2.14 bits per heavy atom. The van der Waals surface area contributed by atoms with Gasteiger partial charge in [-0.3, -0.25) is 0 Å². The van der Waals surface area contributed by atoms with Crippen LogP contribution in [0, 0.1) is 12.7 Å². The van der Waals surface area contributed by atoms with Crippen LogP contribution in [0.1, 0.15) is 54.7 Å². The normalized spacial score (nSPS) is 33.7. The quantitative estimate of drug-likeness (QED) is 0.231. The smallest absolute Gasteiger partial charge is 0.191 e. The number of hydrogen-bond acceptors (Lipinski definition) is 10. The number of nitrogens with one attached hydrogen (secondary N) is 1. The van der Waals surface area contributed by atoms with E-state index >= 15 is 0 Å². The molecule has 0 saturated heterocycles. The van der Waals surface area contributed by atoms with E-state index in [4.69, 9.17) is 15.3 Å². The first-order valence-corrected chi connectivity index (χ1v) is 12.6. The van der Waals surface area contributed by atoms with Gasteiger partial charge in [-0.1, -0.05) is 36.0 Å². The number of fused-ring (bicyclic) bond motifs is 1. The summed E-state index contributed by atoms with van der Waals surface area (Å²) < 4.78 is 55.3. The van der Waals surface area contributed by atoms with E-state index in [0.717, 1.165) is 11.8 Å². The van der Waals surface area contributed by atoms with Gasteiger partial charge < -0.3 is 25.4 Å². The van der Waals surface area contributed by atoms with Crippen LogP contribution in [0.3, 0.4) is 0 Å². The second-order valence-electron chi connectivity index (χ2n) is 8.80. The molecule has 0 radical (unpaired) electrons. The van der Waals surface area contributed by atoms with Crippen molar-refractivity contribution in [2.24, 2.45) is 0 Å². The van der Waals surface area contributed by atoms with Crippen molar-refractivity contribution in [1.29, 1.82) is 0 Å². The minimum Gasteiger partial charge on any atom is -0.394 e. The van der Waals surface area contributed by atoms with Crippen molar-refractivity contribution >= 4 is 28.7 Å². The summed E-state index contributed by atoms with van der Waals surface area (Å²) in [5, 5.41) is 41.6. The third-order valence-corrected chi connectivity index (χ3v) is 7.13. The van der Waals surface area contributed by atoms with E-state index in [2.05, 4.69) is 25.6 Å². The van der Waals surface area contributed by atoms with Crippen LogP contribution in [0.2, 0.25) is 0 Å². The topological polar surface area (TPSA) is 138 Å². The number of thioether (sulfide) groups is 1. The maximum absolute atomic E-state index is 14.3. The monoisotopic (exact) mass is 522 g/mol. The molecule has 2 heterocycles. The molecule has 10 nitrogen and oxygen atoms in total. The maximum Gasteiger partial charge on any atom is 0.191 e. The van der Waals surface area contributed by atoms with E-state index in [1.54, 1.807) is 26.0 Å². The summed E-state index contributed by atoms with van der Waals surface area (Å²) in [4.78, 5) is 8.89. The average molecular weight is 523 g/mol. The van der Waals surface area contributed by atoms with Crippen molar-refractivity contribution in [3.8, 4) is 0 Å². The number of nitrogens with zero attached hydrogens (tertiary/aromatic N) is 5. The first kappa shape index (κ1) is 20.7. The summed E-state index contributed by atoms with van der Waals surface area (Å²) in [7, 11) is 0. The van der Waals surface area contributed by atoms with Crippen molar-refractivity contribution in [3.63, 3.8) is 0 Å². The molecule has 0 spiro atoms. The molecule has 0 aliphatic heterocycles. The summed E-state index contributed by atoms with van der Waals surface area (Å²) in [5.74, 6) is -1.91. The molecule has 2 fully saturated rings. The van der Waals surface area contributed by atoms with Crippen molar-refractivity contribution in [2.75, 3.05) is 24.2 Å². The van der Waals surface area contributed by atoms with Crippen LogP contribution in [0.4, 0.5) is 10.2 Å². The molecule has 194 valence electrons. The van der Waals surface area contributed by atoms with E-state index in [1.165, 1.54) is 10.7 Å². The third-order valence-electron chi connectivity index (χ3n) is 6.33. The van der Waals surface area contributed by atoms with E-state index < -0.39 is 47.8 Å². The minimum atomic E-state index is -1.72. The second-order valence-corrected chi connectivity index (χ2v) is 9.66. The summed E-state index contributed by atoms with van der Waals surface area (Å²) in [6, 6.07) is 2.04. The van der Waals surface area contributed by atoms with Crippen molar-refractivity contribution in [1.82, 2.24) is 25.0 Å². The molecule has 2 aromatic heterocycles. The van der Waals surface area contributed by atoms with Crippen molar-refractivity contribution in [3.05, 3.63) is 35.1 Å². The number of anilines is 1. The van der Waals surface area contributed by atoms with Crippen LogP contribution in [-0.2, 0) is 4.74 Å². The van der Waals surface area contributed by atoms with Gasteiger partial charge in [0.1, 0.15) is 18.0 Å². The van der Waals surface area contributed by atoms with Crippen molar-refractivity contribution < 1.29 is 29.9 Å². The highest BCUT2D eigenvalue weighted by molar-refractivity contribution is 7.99. The highest BCUT2D eigenvalue weighted by atomic mass is 32.2. The van der Waals surface area contributed by atoms with Gasteiger partial charge in [-0.2, -0.15) is 0 Å². The van der Waals surface area contributed by atoms with Gasteiger partial charge in [0.05, 0.1) is 26.7 Å². The highest BCUT2D eigenvalue weighted by Crippen LogP contribution is 2.44. The van der Waals surface area contributed by atoms with Crippen LogP contribution in [0.15, 0.2) is 23.4 Å². The first-order valence-electron chi connectivity index (χ1n) is 13.8. The van der Waals surface area contributed by atoms with Gasteiger partial charge in [-0.25, -0.2) is 19.0 Å². The maximum atomic E-state index is 14.3. The number of aryl methyl sites for hydroxylation is 1. The molecule has 2 saturated carbocycles. The summed E-state index contributed by atoms with van der Waals surface area (Å²) in [6.45, 7) is 3.02. The predicted molar refractivity (Wildman–Crippen MR) is 133 cm³/mol. The zero-order valence-electron chi connectivity index (χ0n) is 23.8. The summed E-state index contributed by atoms with van der Waals surface area (Å²) >= 11 is 0.769. The molecule has 0 amide bonds. The SMILES string of the molecule is [2H]C([2H])(CC)Sc1nc(N[C@]2([2H])C[C@@]2([2H])c2ccc(C)c(F)c2)c2nnn([C@@H]3C[C@H](OCCO)[C@@H](O)[C@H]3O)c2n1. The lowest BCUT2D eigenvalue weighted by Gasteiger charge is -2.17. The predicted octanol–water partition coefficient (Wildman–Crippen LogP) is 2.18. The Labute approximate surface area is 217 Å². The fourth-order valence-corrected chi connectivity index (χ4v) is 4.88. The number of aromatic nitrogens is 5. The molecular weight excluding hydrogens is 487 g/mol. The van der Waals surface area contributed by atoms with E-state index in [9.17, 15) is 14.6 Å². The molecule has 2 aliphatic carbocycles. The Bertz CT molecular complexity index is 1420. The van der Waals surface area contributed by atoms with Crippen LogP contribution < -0.4 is 5.32 Å². The first-order chi connectivity index (χ1) is 18.8. The van der Waals surface area contributed by atoms with Crippen LogP contribution in [0.5, 0.6) is 0 Å². The molecular formula is C24H31FN6O4S. The Kier molecular flexibility index (Phi) is 6.05. The Morgan fingerprint density at radius 1 is 1.31 bits per heavy atom. The lowest BCUT2D eigenvalue weighted by Crippen LogP contribution is -2.33. The van der Waals surface area contributed by atoms with Gasteiger partial charge >= 0.3 is 0 Å². The van der Waals surface area contributed by atoms with Gasteiger partial charge in [-0.15, -0.1) is 5.10 Å². The molecule has 1 aromatic carbocycles. The van der Waals surface area contributed by atoms with Crippen LogP contribution >= 0.6 is 11.8 Å². The molecule has 12 heteroatoms. The van der Waals surface area contributed by atoms with Gasteiger partial charge in [0.25, 0.3) is 0 Å². The zero-order valence-corrected chi connectivity index (χ0v) is 20.7. The zero-order chi connectivity index (χ0) is 29.0. The minimum absolute atomic E-state index is 0.0201. The Hall–Kier alpha value is -2.38. The lowest BCUT2D eigenvalue weighted by molar-refractivity contribution is -0.0629. The molecule has 2 aliphatic rings. The average Bonchev–Trinajstić information content (AvgIpc) is 3.15. The molecule has 0 bridgehead atoms. The van der Waals surface area contributed by atoms with Crippen molar-refractivity contribution in [2.45, 2.75) is 74.5 Å². The third kappa shape index (κ3) is 4.92. The standard InChI is InChI=1S/C24H31FN6O4S/c1-3-8-36-24-27-22(26-16-10-14(16)13-5-4-12(2)15(25)9-13)19-23(28-24)31(30-29-19)17-11-18(35-7-6-32)21(34)20(17)33/h4-5,9,14,16-18,20-21,32-34H,3,6-8,10-11H2,1-2H3,(H,26,27,28)/t14-,16+,17+,18-,20-,21+/m0/s1/i8D2,14D,16D. The molecule has 0 unspecified atom stereocenters. The van der Waals surface area contributed by atoms with Gasteiger partial charge in [-0.05, 0) is 37.0 Å². The molecule has 6 atom stereocenters. The number of hydrogen-bond donors (Lipinski definition) is 4. The largest absolute Gasteiger partial charge is 0.394 e. The van der Waals surface area contributed by atoms with Crippen LogP contribution in [-0.4, -0.2) is 83.5 Å². The fraction of sp³-hybridized carbons (Fsp3) is 0.583. The van der Waals surface area contributed by atoms with Gasteiger partial charge in [0.2, 0.25) is 0 Å².